The van der Waals surface area contributed by atoms with Gasteiger partial charge in [-0.3, -0.25) is 0 Å². The van der Waals surface area contributed by atoms with Crippen LogP contribution in [0.1, 0.15) is 12.5 Å². The van der Waals surface area contributed by atoms with E-state index in [-0.39, 0.29) is 6.10 Å². The van der Waals surface area contributed by atoms with Crippen LogP contribution in [0.5, 0.6) is 0 Å². The molecule has 0 aliphatic carbocycles. The maximum atomic E-state index is 9.12. The van der Waals surface area contributed by atoms with Gasteiger partial charge in [-0.05, 0) is 25.0 Å². The Morgan fingerprint density at radius 3 is 2.67 bits per heavy atom. The summed E-state index contributed by atoms with van der Waals surface area (Å²) in [6.45, 7) is 1.72. The quantitative estimate of drug-likeness (QED) is 0.786. The van der Waals surface area contributed by atoms with Crippen molar-refractivity contribution in [1.29, 1.82) is 0 Å². The van der Waals surface area contributed by atoms with E-state index in [0.717, 1.165) is 5.56 Å². The predicted molar refractivity (Wildman–Crippen MR) is 51.8 cm³/mol. The van der Waals surface area contributed by atoms with Crippen LogP contribution in [0.2, 0.25) is 10.0 Å². The maximum Gasteiger partial charge on any atom is 0.0625 e. The highest BCUT2D eigenvalue weighted by Crippen LogP contribution is 2.26. The lowest BCUT2D eigenvalue weighted by Gasteiger charge is -2.06. The Hall–Kier alpha value is -0.240. The van der Waals surface area contributed by atoms with Crippen molar-refractivity contribution in [2.45, 2.75) is 19.4 Å². The molecule has 0 unspecified atom stereocenters. The van der Waals surface area contributed by atoms with E-state index in [1.54, 1.807) is 13.0 Å². The van der Waals surface area contributed by atoms with Crippen LogP contribution in [0.3, 0.4) is 0 Å². The third-order valence-corrected chi connectivity index (χ3v) is 2.40. The molecule has 0 fully saturated rings. The molecule has 0 aliphatic rings. The van der Waals surface area contributed by atoms with Crippen LogP contribution in [0.15, 0.2) is 18.2 Å². The van der Waals surface area contributed by atoms with E-state index in [9.17, 15) is 0 Å². The molecule has 0 radical (unpaired) electrons. The summed E-state index contributed by atoms with van der Waals surface area (Å²) in [5, 5.41) is 10.2. The summed E-state index contributed by atoms with van der Waals surface area (Å²) in [5.74, 6) is 0. The molecule has 0 spiro atoms. The Kier molecular flexibility index (Phi) is 3.39. The predicted octanol–water partition coefficient (Wildman–Crippen LogP) is 2.92. The van der Waals surface area contributed by atoms with Gasteiger partial charge in [0.2, 0.25) is 0 Å². The summed E-state index contributed by atoms with van der Waals surface area (Å²) in [6.07, 6.45) is 0.153. The molecule has 1 nitrogen and oxygen atoms in total. The van der Waals surface area contributed by atoms with Crippen molar-refractivity contribution >= 4 is 23.2 Å². The van der Waals surface area contributed by atoms with Crippen molar-refractivity contribution in [1.82, 2.24) is 0 Å². The summed E-state index contributed by atoms with van der Waals surface area (Å²) < 4.78 is 0. The van der Waals surface area contributed by atoms with Crippen LogP contribution in [0.25, 0.3) is 0 Å². The standard InChI is InChI=1S/C9H10Cl2O/c1-6(12)5-7-3-2-4-8(10)9(7)11/h2-4,6,12H,5H2,1H3/t6-/m0/s1. The van der Waals surface area contributed by atoms with E-state index < -0.39 is 0 Å². The average Bonchev–Trinajstić information content (AvgIpc) is 1.98. The monoisotopic (exact) mass is 204 g/mol. The first-order valence-electron chi connectivity index (χ1n) is 3.72. The second-order valence-corrected chi connectivity index (χ2v) is 3.55. The molecule has 12 heavy (non-hydrogen) atoms. The molecule has 1 atom stereocenters. The van der Waals surface area contributed by atoms with Gasteiger partial charge in [-0.1, -0.05) is 35.3 Å². The highest BCUT2D eigenvalue weighted by Gasteiger charge is 2.06. The summed E-state index contributed by atoms with van der Waals surface area (Å²) >= 11 is 11.7. The molecule has 0 heterocycles. The van der Waals surface area contributed by atoms with Gasteiger partial charge in [0.25, 0.3) is 0 Å². The van der Waals surface area contributed by atoms with Gasteiger partial charge in [0.1, 0.15) is 0 Å². The van der Waals surface area contributed by atoms with Gasteiger partial charge in [0.05, 0.1) is 16.1 Å². The van der Waals surface area contributed by atoms with Crippen molar-refractivity contribution in [3.63, 3.8) is 0 Å². The van der Waals surface area contributed by atoms with Gasteiger partial charge >= 0.3 is 0 Å². The molecular formula is C9H10Cl2O. The van der Waals surface area contributed by atoms with Crippen LogP contribution in [0, 0.1) is 0 Å². The molecule has 0 aliphatic heterocycles. The Morgan fingerprint density at radius 2 is 2.08 bits per heavy atom. The highest BCUT2D eigenvalue weighted by atomic mass is 35.5. The van der Waals surface area contributed by atoms with E-state index in [4.69, 9.17) is 28.3 Å². The number of aliphatic hydroxyl groups is 1. The van der Waals surface area contributed by atoms with Crippen molar-refractivity contribution in [3.05, 3.63) is 33.8 Å². The van der Waals surface area contributed by atoms with Crippen molar-refractivity contribution < 1.29 is 5.11 Å². The average molecular weight is 205 g/mol. The number of aliphatic hydroxyl groups excluding tert-OH is 1. The van der Waals surface area contributed by atoms with Crippen LogP contribution in [0.4, 0.5) is 0 Å². The van der Waals surface area contributed by atoms with Gasteiger partial charge in [0.15, 0.2) is 0 Å². The summed E-state index contributed by atoms with van der Waals surface area (Å²) in [6, 6.07) is 5.42. The first-order chi connectivity index (χ1) is 5.61. The van der Waals surface area contributed by atoms with Gasteiger partial charge in [-0.15, -0.1) is 0 Å². The Balaban J connectivity index is 2.92. The minimum Gasteiger partial charge on any atom is -0.393 e. The Bertz CT molecular complexity index is 271. The molecule has 0 bridgehead atoms. The second-order valence-electron chi connectivity index (χ2n) is 2.77. The normalized spacial score (nSPS) is 13.0. The zero-order valence-corrected chi connectivity index (χ0v) is 8.23. The largest absolute Gasteiger partial charge is 0.393 e. The van der Waals surface area contributed by atoms with Crippen LogP contribution in [-0.4, -0.2) is 11.2 Å². The van der Waals surface area contributed by atoms with E-state index >= 15 is 0 Å². The molecule has 66 valence electrons. The van der Waals surface area contributed by atoms with Gasteiger partial charge in [-0.2, -0.15) is 0 Å². The Morgan fingerprint density at radius 1 is 1.42 bits per heavy atom. The highest BCUT2D eigenvalue weighted by molar-refractivity contribution is 6.42. The minimum atomic E-state index is -0.388. The molecule has 1 aromatic rings. The molecule has 1 aromatic carbocycles. The van der Waals surface area contributed by atoms with Gasteiger partial charge in [0, 0.05) is 0 Å². The summed E-state index contributed by atoms with van der Waals surface area (Å²) in [4.78, 5) is 0. The third kappa shape index (κ3) is 2.37. The lowest BCUT2D eigenvalue weighted by atomic mass is 10.1. The Labute approximate surface area is 81.9 Å². The first kappa shape index (κ1) is 9.85. The zero-order valence-electron chi connectivity index (χ0n) is 6.72. The van der Waals surface area contributed by atoms with Crippen molar-refractivity contribution in [2.24, 2.45) is 0 Å². The molecule has 1 N–H and O–H groups in total. The molecule has 0 saturated heterocycles. The number of halogens is 2. The van der Waals surface area contributed by atoms with Gasteiger partial charge in [-0.25, -0.2) is 0 Å². The van der Waals surface area contributed by atoms with Crippen LogP contribution < -0.4 is 0 Å². The number of benzene rings is 1. The SMILES string of the molecule is C[C@H](O)Cc1cccc(Cl)c1Cl. The summed E-state index contributed by atoms with van der Waals surface area (Å²) in [5.41, 5.74) is 0.888. The molecule has 0 amide bonds. The lowest BCUT2D eigenvalue weighted by Crippen LogP contribution is -2.04. The van der Waals surface area contributed by atoms with Crippen LogP contribution >= 0.6 is 23.2 Å². The molecule has 1 rings (SSSR count). The lowest BCUT2D eigenvalue weighted by molar-refractivity contribution is 0.195. The van der Waals surface area contributed by atoms with Crippen LogP contribution in [-0.2, 0) is 6.42 Å². The summed E-state index contributed by atoms with van der Waals surface area (Å²) in [7, 11) is 0. The van der Waals surface area contributed by atoms with E-state index in [1.807, 2.05) is 12.1 Å². The number of rotatable bonds is 2. The fourth-order valence-electron chi connectivity index (χ4n) is 1.02. The molecule has 3 heteroatoms. The smallest absolute Gasteiger partial charge is 0.0625 e. The zero-order chi connectivity index (χ0) is 9.14. The van der Waals surface area contributed by atoms with E-state index in [0.29, 0.717) is 16.5 Å². The number of hydrogen-bond donors (Lipinski definition) is 1. The maximum absolute atomic E-state index is 9.12. The molecular weight excluding hydrogens is 195 g/mol. The third-order valence-electron chi connectivity index (χ3n) is 1.55. The first-order valence-corrected chi connectivity index (χ1v) is 4.48. The molecule has 0 aromatic heterocycles. The minimum absolute atomic E-state index is 0.388. The molecule has 0 saturated carbocycles. The van der Waals surface area contributed by atoms with Gasteiger partial charge < -0.3 is 5.11 Å². The van der Waals surface area contributed by atoms with Crippen molar-refractivity contribution in [3.8, 4) is 0 Å². The fourth-order valence-corrected chi connectivity index (χ4v) is 1.42. The fraction of sp³-hybridized carbons (Fsp3) is 0.333. The topological polar surface area (TPSA) is 20.2 Å². The van der Waals surface area contributed by atoms with E-state index in [2.05, 4.69) is 0 Å². The second kappa shape index (κ2) is 4.13. The van der Waals surface area contributed by atoms with Crippen molar-refractivity contribution in [2.75, 3.05) is 0 Å². The number of hydrogen-bond acceptors (Lipinski definition) is 1. The van der Waals surface area contributed by atoms with E-state index in [1.165, 1.54) is 0 Å².